The van der Waals surface area contributed by atoms with Crippen LogP contribution in [0.1, 0.15) is 6.92 Å². The van der Waals surface area contributed by atoms with Crippen LogP contribution in [0.3, 0.4) is 0 Å². The standard InChI is InChI=1S/C12H27N3O2/c1-3-15-6-9-17-12(11-15)10-14(2)5-8-16-7-4-13/h12H,3-11,13H2,1-2H3. The number of nitrogens with zero attached hydrogens (tertiary/aromatic N) is 2. The number of rotatable bonds is 8. The Hall–Kier alpha value is -0.200. The van der Waals surface area contributed by atoms with Crippen molar-refractivity contribution in [3.05, 3.63) is 0 Å². The van der Waals surface area contributed by atoms with Crippen LogP contribution in [-0.4, -0.2) is 82.0 Å². The van der Waals surface area contributed by atoms with Crippen molar-refractivity contribution in [3.63, 3.8) is 0 Å². The van der Waals surface area contributed by atoms with Crippen molar-refractivity contribution in [2.75, 3.05) is 66.1 Å². The second-order valence-electron chi connectivity index (χ2n) is 4.55. The van der Waals surface area contributed by atoms with Gasteiger partial charge in [0.15, 0.2) is 0 Å². The van der Waals surface area contributed by atoms with Crippen molar-refractivity contribution < 1.29 is 9.47 Å². The molecule has 0 aromatic heterocycles. The van der Waals surface area contributed by atoms with Gasteiger partial charge in [-0.3, -0.25) is 4.90 Å². The number of ether oxygens (including phenoxy) is 2. The third-order valence-corrected chi connectivity index (χ3v) is 3.06. The van der Waals surface area contributed by atoms with Crippen LogP contribution in [0.15, 0.2) is 0 Å². The first-order valence-corrected chi connectivity index (χ1v) is 6.56. The van der Waals surface area contributed by atoms with Gasteiger partial charge in [0, 0.05) is 32.7 Å². The second-order valence-corrected chi connectivity index (χ2v) is 4.55. The maximum atomic E-state index is 5.76. The monoisotopic (exact) mass is 245 g/mol. The molecule has 1 atom stereocenters. The minimum Gasteiger partial charge on any atom is -0.379 e. The van der Waals surface area contributed by atoms with Crippen LogP contribution in [0.4, 0.5) is 0 Å². The van der Waals surface area contributed by atoms with Gasteiger partial charge in [-0.1, -0.05) is 6.92 Å². The zero-order valence-electron chi connectivity index (χ0n) is 11.2. The number of morpholine rings is 1. The van der Waals surface area contributed by atoms with E-state index in [9.17, 15) is 0 Å². The van der Waals surface area contributed by atoms with Crippen LogP contribution >= 0.6 is 0 Å². The Bertz CT molecular complexity index is 193. The Morgan fingerprint density at radius 1 is 1.47 bits per heavy atom. The molecule has 102 valence electrons. The van der Waals surface area contributed by atoms with E-state index in [-0.39, 0.29) is 0 Å². The molecular formula is C12H27N3O2. The van der Waals surface area contributed by atoms with Gasteiger partial charge in [0.25, 0.3) is 0 Å². The molecule has 0 bridgehead atoms. The summed E-state index contributed by atoms with van der Waals surface area (Å²) in [6.07, 6.45) is 0.336. The highest BCUT2D eigenvalue weighted by Gasteiger charge is 2.20. The average Bonchev–Trinajstić information content (AvgIpc) is 2.35. The summed E-state index contributed by atoms with van der Waals surface area (Å²) in [5.74, 6) is 0. The van der Waals surface area contributed by atoms with Crippen molar-refractivity contribution in [1.29, 1.82) is 0 Å². The van der Waals surface area contributed by atoms with E-state index in [4.69, 9.17) is 15.2 Å². The molecule has 0 radical (unpaired) electrons. The van der Waals surface area contributed by atoms with E-state index in [1.165, 1.54) is 0 Å². The average molecular weight is 245 g/mol. The highest BCUT2D eigenvalue weighted by molar-refractivity contribution is 4.73. The first-order valence-electron chi connectivity index (χ1n) is 6.56. The molecule has 0 aromatic carbocycles. The first kappa shape index (κ1) is 14.9. The Morgan fingerprint density at radius 3 is 3.00 bits per heavy atom. The lowest BCUT2D eigenvalue weighted by molar-refractivity contribution is -0.0410. The third-order valence-electron chi connectivity index (χ3n) is 3.06. The molecule has 0 amide bonds. The minimum absolute atomic E-state index is 0.336. The maximum Gasteiger partial charge on any atom is 0.0829 e. The van der Waals surface area contributed by atoms with Gasteiger partial charge >= 0.3 is 0 Å². The molecule has 0 spiro atoms. The summed E-state index contributed by atoms with van der Waals surface area (Å²) in [5.41, 5.74) is 5.36. The van der Waals surface area contributed by atoms with Crippen molar-refractivity contribution >= 4 is 0 Å². The highest BCUT2D eigenvalue weighted by atomic mass is 16.5. The van der Waals surface area contributed by atoms with Crippen LogP contribution in [0.2, 0.25) is 0 Å². The fourth-order valence-electron chi connectivity index (χ4n) is 2.02. The number of hydrogen-bond acceptors (Lipinski definition) is 5. The molecule has 1 rings (SSSR count). The van der Waals surface area contributed by atoms with Crippen LogP contribution in [0.25, 0.3) is 0 Å². The molecule has 2 N–H and O–H groups in total. The fraction of sp³-hybridized carbons (Fsp3) is 1.00. The van der Waals surface area contributed by atoms with Crippen molar-refractivity contribution in [1.82, 2.24) is 9.80 Å². The topological polar surface area (TPSA) is 51.0 Å². The summed E-state index contributed by atoms with van der Waals surface area (Å²) >= 11 is 0. The molecule has 1 saturated heterocycles. The maximum absolute atomic E-state index is 5.76. The zero-order chi connectivity index (χ0) is 12.5. The van der Waals surface area contributed by atoms with E-state index in [0.29, 0.717) is 19.3 Å². The molecule has 1 heterocycles. The minimum atomic E-state index is 0.336. The molecule has 0 aliphatic carbocycles. The summed E-state index contributed by atoms with van der Waals surface area (Å²) in [4.78, 5) is 4.70. The molecule has 17 heavy (non-hydrogen) atoms. The van der Waals surface area contributed by atoms with Crippen molar-refractivity contribution in [3.8, 4) is 0 Å². The number of nitrogens with two attached hydrogens (primary N) is 1. The van der Waals surface area contributed by atoms with Crippen LogP contribution in [0.5, 0.6) is 0 Å². The van der Waals surface area contributed by atoms with Gasteiger partial charge < -0.3 is 20.1 Å². The third kappa shape index (κ3) is 6.33. The second kappa shape index (κ2) is 8.83. The van der Waals surface area contributed by atoms with Gasteiger partial charge in [0.2, 0.25) is 0 Å². The van der Waals surface area contributed by atoms with Gasteiger partial charge in [0.1, 0.15) is 0 Å². The summed E-state index contributed by atoms with van der Waals surface area (Å²) in [6.45, 7) is 10.2. The highest BCUT2D eigenvalue weighted by Crippen LogP contribution is 2.05. The van der Waals surface area contributed by atoms with Crippen LogP contribution in [-0.2, 0) is 9.47 Å². The largest absolute Gasteiger partial charge is 0.379 e. The molecule has 5 heteroatoms. The number of hydrogen-bond donors (Lipinski definition) is 1. The van der Waals surface area contributed by atoms with Gasteiger partial charge in [-0.25, -0.2) is 0 Å². The van der Waals surface area contributed by atoms with E-state index >= 15 is 0 Å². The summed E-state index contributed by atoms with van der Waals surface area (Å²) in [6, 6.07) is 0. The predicted molar refractivity (Wildman–Crippen MR) is 69.2 cm³/mol. The predicted octanol–water partition coefficient (Wildman–Crippen LogP) is -0.386. The Labute approximate surface area is 105 Å². The molecule has 0 aromatic rings. The quantitative estimate of drug-likeness (QED) is 0.591. The molecular weight excluding hydrogens is 218 g/mol. The van der Waals surface area contributed by atoms with E-state index in [0.717, 1.165) is 45.9 Å². The van der Waals surface area contributed by atoms with Gasteiger partial charge in [-0.2, -0.15) is 0 Å². The van der Waals surface area contributed by atoms with E-state index in [1.807, 2.05) is 0 Å². The number of likely N-dealkylation sites (N-methyl/N-ethyl adjacent to an activating group) is 2. The van der Waals surface area contributed by atoms with Crippen LogP contribution in [0, 0.1) is 0 Å². The molecule has 1 aliphatic heterocycles. The zero-order valence-corrected chi connectivity index (χ0v) is 11.2. The Kier molecular flexibility index (Phi) is 7.72. The van der Waals surface area contributed by atoms with Gasteiger partial charge in [-0.15, -0.1) is 0 Å². The van der Waals surface area contributed by atoms with Crippen molar-refractivity contribution in [2.24, 2.45) is 5.73 Å². The molecule has 5 nitrogen and oxygen atoms in total. The smallest absolute Gasteiger partial charge is 0.0829 e. The van der Waals surface area contributed by atoms with Crippen molar-refractivity contribution in [2.45, 2.75) is 13.0 Å². The Balaban J connectivity index is 2.10. The van der Waals surface area contributed by atoms with Gasteiger partial charge in [-0.05, 0) is 13.6 Å². The lowest BCUT2D eigenvalue weighted by Gasteiger charge is -2.34. The summed E-state index contributed by atoms with van der Waals surface area (Å²) < 4.78 is 11.1. The molecule has 1 fully saturated rings. The SMILES string of the molecule is CCN1CCOC(CN(C)CCOCCN)C1. The van der Waals surface area contributed by atoms with E-state index < -0.39 is 0 Å². The van der Waals surface area contributed by atoms with E-state index in [1.54, 1.807) is 0 Å². The normalized spacial score (nSPS) is 22.2. The van der Waals surface area contributed by atoms with Gasteiger partial charge in [0.05, 0.1) is 25.9 Å². The lowest BCUT2D eigenvalue weighted by atomic mass is 10.2. The summed E-state index contributed by atoms with van der Waals surface area (Å²) in [5, 5.41) is 0. The Morgan fingerprint density at radius 2 is 2.29 bits per heavy atom. The molecule has 1 aliphatic rings. The first-order chi connectivity index (χ1) is 8.26. The molecule has 0 saturated carbocycles. The fourth-order valence-corrected chi connectivity index (χ4v) is 2.02. The molecule has 1 unspecified atom stereocenters. The van der Waals surface area contributed by atoms with E-state index in [2.05, 4.69) is 23.8 Å². The van der Waals surface area contributed by atoms with Crippen LogP contribution < -0.4 is 5.73 Å². The lowest BCUT2D eigenvalue weighted by Crippen LogP contribution is -2.47. The summed E-state index contributed by atoms with van der Waals surface area (Å²) in [7, 11) is 2.11.